The molecule has 0 aromatic carbocycles. The minimum atomic E-state index is -0.310. The molecule has 7 nitrogen and oxygen atoms in total. The fourth-order valence-electron chi connectivity index (χ4n) is 2.79. The van der Waals surface area contributed by atoms with Crippen molar-refractivity contribution in [2.75, 3.05) is 5.73 Å². The maximum atomic E-state index is 13.0. The molecule has 0 saturated carbocycles. The van der Waals surface area contributed by atoms with E-state index in [1.807, 2.05) is 20.8 Å². The monoisotopic (exact) mass is 404 g/mol. The summed E-state index contributed by atoms with van der Waals surface area (Å²) >= 11 is 12.6. The van der Waals surface area contributed by atoms with Crippen molar-refractivity contribution in [1.29, 1.82) is 0 Å². The number of aryl methyl sites for hydroxylation is 1. The molecule has 0 bridgehead atoms. The average molecular weight is 405 g/mol. The number of nitrogen functional groups attached to an aromatic ring is 1. The summed E-state index contributed by atoms with van der Waals surface area (Å²) < 4.78 is 2.92. The highest BCUT2D eigenvalue weighted by molar-refractivity contribution is 6.33. The van der Waals surface area contributed by atoms with Gasteiger partial charge in [-0.1, -0.05) is 36.0 Å². The lowest BCUT2D eigenvalue weighted by molar-refractivity contribution is 0.698. The van der Waals surface area contributed by atoms with Gasteiger partial charge in [0.25, 0.3) is 0 Å². The number of fused-ring (bicyclic) bond motifs is 1. The third-order valence-electron chi connectivity index (χ3n) is 4.20. The molecule has 0 aliphatic heterocycles. The second kappa shape index (κ2) is 7.59. The van der Waals surface area contributed by atoms with Crippen LogP contribution in [0.4, 0.5) is 5.95 Å². The molecule has 0 aliphatic rings. The van der Waals surface area contributed by atoms with Crippen LogP contribution in [0.3, 0.4) is 0 Å². The molecule has 0 amide bonds. The molecular formula is C18H18Cl2N6O. The molecule has 9 heteroatoms. The van der Waals surface area contributed by atoms with E-state index in [1.165, 1.54) is 9.13 Å². The van der Waals surface area contributed by atoms with Gasteiger partial charge in [0.15, 0.2) is 10.8 Å². The minimum absolute atomic E-state index is 0.00957. The van der Waals surface area contributed by atoms with Gasteiger partial charge >= 0.3 is 5.69 Å². The summed E-state index contributed by atoms with van der Waals surface area (Å²) in [5, 5.41) is 0.732. The number of hydrogen-bond acceptors (Lipinski definition) is 5. The lowest BCUT2D eigenvalue weighted by Gasteiger charge is -2.09. The van der Waals surface area contributed by atoms with Crippen molar-refractivity contribution in [2.45, 2.75) is 40.3 Å². The number of pyridine rings is 1. The maximum absolute atomic E-state index is 13.0. The normalized spacial score (nSPS) is 10.9. The summed E-state index contributed by atoms with van der Waals surface area (Å²) in [4.78, 5) is 25.7. The van der Waals surface area contributed by atoms with Crippen LogP contribution in [0.1, 0.15) is 30.2 Å². The molecule has 2 N–H and O–H groups in total. The summed E-state index contributed by atoms with van der Waals surface area (Å²) in [7, 11) is 0. The zero-order valence-electron chi connectivity index (χ0n) is 15.2. The second-order valence-electron chi connectivity index (χ2n) is 6.03. The Morgan fingerprint density at radius 2 is 1.93 bits per heavy atom. The maximum Gasteiger partial charge on any atom is 0.331 e. The molecule has 3 aromatic heterocycles. The predicted octanol–water partition coefficient (Wildman–Crippen LogP) is 2.96. The van der Waals surface area contributed by atoms with Crippen LogP contribution in [0.5, 0.6) is 0 Å². The van der Waals surface area contributed by atoms with Crippen LogP contribution in [0.25, 0.3) is 11.2 Å². The van der Waals surface area contributed by atoms with Gasteiger partial charge in [0.1, 0.15) is 5.52 Å². The van der Waals surface area contributed by atoms with Gasteiger partial charge in [0.05, 0.1) is 18.8 Å². The summed E-state index contributed by atoms with van der Waals surface area (Å²) in [5.41, 5.74) is 8.52. The van der Waals surface area contributed by atoms with Gasteiger partial charge in [-0.15, -0.1) is 5.92 Å². The summed E-state index contributed by atoms with van der Waals surface area (Å²) in [6.07, 6.45) is 2.37. The Balaban J connectivity index is 2.22. The third-order valence-corrected chi connectivity index (χ3v) is 5.04. The number of anilines is 1. The number of aromatic nitrogens is 5. The van der Waals surface area contributed by atoms with Crippen molar-refractivity contribution in [1.82, 2.24) is 24.1 Å². The Morgan fingerprint density at radius 1 is 1.19 bits per heavy atom. The van der Waals surface area contributed by atoms with Crippen LogP contribution < -0.4 is 11.4 Å². The largest absolute Gasteiger partial charge is 0.368 e. The second-order valence-corrected chi connectivity index (χ2v) is 6.77. The standard InChI is InChI=1S/C18H18Cl2N6O/c1-4-5-6-7-25-14-15(20)23-17(21)24-16(14)26(18(25)27)9-12-11(3)13(19)10(2)8-22-12/h8H,4,7,9H2,1-3H3,(H2,21,23,24). The van der Waals surface area contributed by atoms with Crippen LogP contribution in [-0.2, 0) is 13.1 Å². The molecule has 0 unspecified atom stereocenters. The molecule has 3 rings (SSSR count). The molecule has 0 saturated heterocycles. The van der Waals surface area contributed by atoms with E-state index in [0.29, 0.717) is 28.3 Å². The third kappa shape index (κ3) is 3.51. The van der Waals surface area contributed by atoms with E-state index in [4.69, 9.17) is 28.9 Å². The zero-order chi connectivity index (χ0) is 19.7. The fourth-order valence-corrected chi connectivity index (χ4v) is 3.22. The lowest BCUT2D eigenvalue weighted by atomic mass is 10.1. The van der Waals surface area contributed by atoms with Gasteiger partial charge in [-0.2, -0.15) is 9.97 Å². The van der Waals surface area contributed by atoms with Gasteiger partial charge < -0.3 is 5.73 Å². The zero-order valence-corrected chi connectivity index (χ0v) is 16.7. The number of imidazole rings is 1. The number of rotatable bonds is 3. The molecule has 3 heterocycles. The molecular weight excluding hydrogens is 387 g/mol. The summed E-state index contributed by atoms with van der Waals surface area (Å²) in [6, 6.07) is 0. The van der Waals surface area contributed by atoms with Gasteiger partial charge in [0, 0.05) is 17.6 Å². The Morgan fingerprint density at radius 3 is 2.63 bits per heavy atom. The van der Waals surface area contributed by atoms with E-state index in [-0.39, 0.29) is 29.9 Å². The number of nitrogens with two attached hydrogens (primary N) is 1. The Hall–Kier alpha value is -2.56. The topological polar surface area (TPSA) is 91.6 Å². The van der Waals surface area contributed by atoms with E-state index in [1.54, 1.807) is 6.20 Å². The van der Waals surface area contributed by atoms with Crippen LogP contribution in [0, 0.1) is 25.7 Å². The molecule has 0 spiro atoms. The van der Waals surface area contributed by atoms with Crippen molar-refractivity contribution in [3.8, 4) is 11.8 Å². The van der Waals surface area contributed by atoms with Gasteiger partial charge in [-0.05, 0) is 25.0 Å². The van der Waals surface area contributed by atoms with E-state index < -0.39 is 0 Å². The molecule has 27 heavy (non-hydrogen) atoms. The van der Waals surface area contributed by atoms with Crippen molar-refractivity contribution in [3.05, 3.63) is 43.7 Å². The minimum Gasteiger partial charge on any atom is -0.368 e. The van der Waals surface area contributed by atoms with E-state index >= 15 is 0 Å². The Kier molecular flexibility index (Phi) is 5.40. The highest BCUT2D eigenvalue weighted by Crippen LogP contribution is 2.24. The van der Waals surface area contributed by atoms with Crippen molar-refractivity contribution >= 4 is 40.3 Å². The molecule has 0 atom stereocenters. The van der Waals surface area contributed by atoms with Gasteiger partial charge in [-0.3, -0.25) is 14.1 Å². The Bertz CT molecular complexity index is 1150. The highest BCUT2D eigenvalue weighted by atomic mass is 35.5. The van der Waals surface area contributed by atoms with Gasteiger partial charge in [-0.25, -0.2) is 4.79 Å². The first kappa shape index (κ1) is 19.2. The Labute approximate surface area is 166 Å². The highest BCUT2D eigenvalue weighted by Gasteiger charge is 2.20. The first-order valence-corrected chi connectivity index (χ1v) is 9.09. The molecule has 0 radical (unpaired) electrons. The quantitative estimate of drug-likeness (QED) is 0.534. The fraction of sp³-hybridized carbons (Fsp3) is 0.333. The van der Waals surface area contributed by atoms with Crippen LogP contribution in [-0.4, -0.2) is 24.1 Å². The average Bonchev–Trinajstić information content (AvgIpc) is 2.88. The van der Waals surface area contributed by atoms with Gasteiger partial charge in [0.2, 0.25) is 5.95 Å². The summed E-state index contributed by atoms with van der Waals surface area (Å²) in [5.74, 6) is 5.88. The SMILES string of the molecule is CCC#CCn1c(=O)n(Cc2ncc(C)c(Cl)c2C)c2nc(N)nc(Cl)c21. The number of hydrogen-bond donors (Lipinski definition) is 1. The van der Waals surface area contributed by atoms with E-state index in [2.05, 4.69) is 26.8 Å². The lowest BCUT2D eigenvalue weighted by Crippen LogP contribution is -2.25. The van der Waals surface area contributed by atoms with Crippen molar-refractivity contribution in [3.63, 3.8) is 0 Å². The van der Waals surface area contributed by atoms with E-state index in [9.17, 15) is 4.79 Å². The molecule has 140 valence electrons. The first-order valence-electron chi connectivity index (χ1n) is 8.33. The van der Waals surface area contributed by atoms with Crippen LogP contribution in [0.15, 0.2) is 11.0 Å². The predicted molar refractivity (Wildman–Crippen MR) is 107 cm³/mol. The van der Waals surface area contributed by atoms with Crippen molar-refractivity contribution in [2.24, 2.45) is 0 Å². The van der Waals surface area contributed by atoms with Crippen molar-refractivity contribution < 1.29 is 0 Å². The summed E-state index contributed by atoms with van der Waals surface area (Å²) in [6.45, 7) is 6.05. The van der Waals surface area contributed by atoms with E-state index in [0.717, 1.165) is 11.1 Å². The number of halogens is 2. The number of nitrogens with zero attached hydrogens (tertiary/aromatic N) is 5. The molecule has 0 fully saturated rings. The first-order chi connectivity index (χ1) is 12.8. The molecule has 3 aromatic rings. The van der Waals surface area contributed by atoms with Crippen LogP contribution in [0.2, 0.25) is 10.2 Å². The van der Waals surface area contributed by atoms with Crippen LogP contribution >= 0.6 is 23.2 Å². The molecule has 0 aliphatic carbocycles. The smallest absolute Gasteiger partial charge is 0.331 e.